The van der Waals surface area contributed by atoms with Crippen molar-refractivity contribution in [2.24, 2.45) is 0 Å². The number of amides is 1. The van der Waals surface area contributed by atoms with Crippen LogP contribution in [0.5, 0.6) is 0 Å². The molecule has 0 bridgehead atoms. The quantitative estimate of drug-likeness (QED) is 0.492. The van der Waals surface area contributed by atoms with E-state index in [1.807, 2.05) is 60.7 Å². The Morgan fingerprint density at radius 3 is 2.10 bits per heavy atom. The first-order chi connectivity index (χ1) is 15.0. The van der Waals surface area contributed by atoms with Crippen LogP contribution in [0, 0.1) is 0 Å². The van der Waals surface area contributed by atoms with E-state index in [9.17, 15) is 4.79 Å². The van der Waals surface area contributed by atoms with Crippen molar-refractivity contribution >= 4 is 5.91 Å². The zero-order valence-corrected chi connectivity index (χ0v) is 19.0. The number of aromatic nitrogens is 1. The molecule has 1 aromatic heterocycles. The molecule has 0 saturated heterocycles. The van der Waals surface area contributed by atoms with Crippen LogP contribution in [0.15, 0.2) is 65.1 Å². The van der Waals surface area contributed by atoms with Crippen molar-refractivity contribution in [2.45, 2.75) is 52.6 Å². The zero-order chi connectivity index (χ0) is 22.2. The summed E-state index contributed by atoms with van der Waals surface area (Å²) in [6.45, 7) is 10.2. The van der Waals surface area contributed by atoms with Gasteiger partial charge in [0, 0.05) is 49.1 Å². The van der Waals surface area contributed by atoms with E-state index in [0.717, 1.165) is 29.1 Å². The summed E-state index contributed by atoms with van der Waals surface area (Å²) < 4.78 is 6.11. The summed E-state index contributed by atoms with van der Waals surface area (Å²) in [5.74, 6) is 1.35. The highest BCUT2D eigenvalue weighted by molar-refractivity contribution is 5.77. The van der Waals surface area contributed by atoms with E-state index in [4.69, 9.17) is 9.40 Å². The van der Waals surface area contributed by atoms with E-state index in [-0.39, 0.29) is 5.91 Å². The first-order valence-corrected chi connectivity index (χ1v) is 11.1. The average molecular weight is 420 g/mol. The lowest BCUT2D eigenvalue weighted by molar-refractivity contribution is -0.121. The van der Waals surface area contributed by atoms with Crippen molar-refractivity contribution in [1.82, 2.24) is 15.2 Å². The first kappa shape index (κ1) is 22.8. The highest BCUT2D eigenvalue weighted by Gasteiger charge is 2.18. The van der Waals surface area contributed by atoms with Crippen molar-refractivity contribution in [3.8, 4) is 22.6 Å². The van der Waals surface area contributed by atoms with Crippen LogP contribution in [0.25, 0.3) is 22.6 Å². The van der Waals surface area contributed by atoms with Crippen LogP contribution in [0.3, 0.4) is 0 Å². The van der Waals surface area contributed by atoms with E-state index < -0.39 is 0 Å². The van der Waals surface area contributed by atoms with Crippen LogP contribution >= 0.6 is 0 Å². The molecule has 1 amide bonds. The van der Waals surface area contributed by atoms with Gasteiger partial charge in [-0.25, -0.2) is 4.98 Å². The van der Waals surface area contributed by atoms with Crippen molar-refractivity contribution in [1.29, 1.82) is 0 Å². The molecule has 3 rings (SSSR count). The number of carbonyl (C=O) groups is 1. The third kappa shape index (κ3) is 6.28. The number of hydrogen-bond acceptors (Lipinski definition) is 4. The van der Waals surface area contributed by atoms with Gasteiger partial charge in [0.05, 0.1) is 0 Å². The molecule has 2 aromatic carbocycles. The summed E-state index contributed by atoms with van der Waals surface area (Å²) in [6.07, 6.45) is 0.822. The summed E-state index contributed by atoms with van der Waals surface area (Å²) in [5.41, 5.74) is 2.79. The lowest BCUT2D eigenvalue weighted by atomic mass is 10.1. The molecule has 0 atom stereocenters. The van der Waals surface area contributed by atoms with Gasteiger partial charge in [0.2, 0.25) is 5.91 Å². The standard InChI is InChI=1S/C26H33N3O2/c1-19(2)29(20(3)4)18-17-27-23(30)15-16-24-28-25(21-11-7-5-8-12-21)26(31-24)22-13-9-6-10-14-22/h5-14,19-20H,15-18H2,1-4H3,(H,27,30). The van der Waals surface area contributed by atoms with Crippen LogP contribution < -0.4 is 5.32 Å². The maximum atomic E-state index is 12.4. The van der Waals surface area contributed by atoms with Gasteiger partial charge < -0.3 is 9.73 Å². The fourth-order valence-electron chi connectivity index (χ4n) is 3.79. The molecule has 31 heavy (non-hydrogen) atoms. The summed E-state index contributed by atoms with van der Waals surface area (Å²) in [6, 6.07) is 20.9. The summed E-state index contributed by atoms with van der Waals surface area (Å²) >= 11 is 0. The third-order valence-corrected chi connectivity index (χ3v) is 5.34. The molecular formula is C26H33N3O2. The summed E-state index contributed by atoms with van der Waals surface area (Å²) in [5, 5.41) is 3.03. The minimum atomic E-state index is 0.0215. The second kappa shape index (κ2) is 10.9. The molecule has 0 aliphatic carbocycles. The molecule has 164 valence electrons. The molecule has 5 heteroatoms. The third-order valence-electron chi connectivity index (χ3n) is 5.34. The Morgan fingerprint density at radius 2 is 1.52 bits per heavy atom. The highest BCUT2D eigenvalue weighted by atomic mass is 16.4. The summed E-state index contributed by atoms with van der Waals surface area (Å²) in [7, 11) is 0. The molecule has 0 radical (unpaired) electrons. The molecule has 0 unspecified atom stereocenters. The Bertz CT molecular complexity index is 884. The van der Waals surface area contributed by atoms with Gasteiger partial charge in [-0.3, -0.25) is 9.69 Å². The number of benzene rings is 2. The van der Waals surface area contributed by atoms with Crippen molar-refractivity contribution in [3.63, 3.8) is 0 Å². The minimum absolute atomic E-state index is 0.0215. The van der Waals surface area contributed by atoms with Gasteiger partial charge in [0.1, 0.15) is 5.69 Å². The predicted octanol–water partition coefficient (Wildman–Crippen LogP) is 5.18. The van der Waals surface area contributed by atoms with E-state index in [0.29, 0.717) is 37.4 Å². The Hall–Kier alpha value is -2.92. The van der Waals surface area contributed by atoms with Crippen LogP contribution in [-0.2, 0) is 11.2 Å². The SMILES string of the molecule is CC(C)N(CCNC(=O)CCc1nc(-c2ccccc2)c(-c2ccccc2)o1)C(C)C. The Morgan fingerprint density at radius 1 is 0.935 bits per heavy atom. The molecule has 1 N–H and O–H groups in total. The second-order valence-corrected chi connectivity index (χ2v) is 8.29. The lowest BCUT2D eigenvalue weighted by Gasteiger charge is -2.30. The van der Waals surface area contributed by atoms with E-state index >= 15 is 0 Å². The molecule has 0 saturated carbocycles. The largest absolute Gasteiger partial charge is 0.440 e. The Kier molecular flexibility index (Phi) is 8.01. The molecule has 0 fully saturated rings. The highest BCUT2D eigenvalue weighted by Crippen LogP contribution is 2.32. The number of hydrogen-bond donors (Lipinski definition) is 1. The average Bonchev–Trinajstić information content (AvgIpc) is 3.20. The zero-order valence-electron chi connectivity index (χ0n) is 19.0. The van der Waals surface area contributed by atoms with Crippen molar-refractivity contribution < 1.29 is 9.21 Å². The Labute approximate surface area is 185 Å². The smallest absolute Gasteiger partial charge is 0.220 e. The number of carbonyl (C=O) groups excluding carboxylic acids is 1. The van der Waals surface area contributed by atoms with Gasteiger partial charge in [-0.15, -0.1) is 0 Å². The molecule has 5 nitrogen and oxygen atoms in total. The van der Waals surface area contributed by atoms with Crippen LogP contribution in [0.4, 0.5) is 0 Å². The number of oxazole rings is 1. The molecule has 0 aliphatic rings. The fourth-order valence-corrected chi connectivity index (χ4v) is 3.79. The van der Waals surface area contributed by atoms with Gasteiger partial charge in [0.15, 0.2) is 11.7 Å². The summed E-state index contributed by atoms with van der Waals surface area (Å²) in [4.78, 5) is 19.5. The van der Waals surface area contributed by atoms with Crippen LogP contribution in [0.1, 0.15) is 40.0 Å². The number of rotatable bonds is 10. The number of nitrogens with one attached hydrogen (secondary N) is 1. The van der Waals surface area contributed by atoms with Crippen LogP contribution in [-0.4, -0.2) is 41.0 Å². The van der Waals surface area contributed by atoms with Gasteiger partial charge in [-0.2, -0.15) is 0 Å². The fraction of sp³-hybridized carbons (Fsp3) is 0.385. The first-order valence-electron chi connectivity index (χ1n) is 11.1. The maximum Gasteiger partial charge on any atom is 0.220 e. The van der Waals surface area contributed by atoms with E-state index in [2.05, 4.69) is 37.9 Å². The lowest BCUT2D eigenvalue weighted by Crippen LogP contribution is -2.42. The maximum absolute atomic E-state index is 12.4. The van der Waals surface area contributed by atoms with Gasteiger partial charge in [0.25, 0.3) is 0 Å². The Balaban J connectivity index is 1.64. The molecule has 0 spiro atoms. The topological polar surface area (TPSA) is 58.4 Å². The van der Waals surface area contributed by atoms with Crippen molar-refractivity contribution in [2.75, 3.05) is 13.1 Å². The predicted molar refractivity (Wildman–Crippen MR) is 126 cm³/mol. The second-order valence-electron chi connectivity index (χ2n) is 8.29. The van der Waals surface area contributed by atoms with Crippen molar-refractivity contribution in [3.05, 3.63) is 66.6 Å². The molecular weight excluding hydrogens is 386 g/mol. The van der Waals surface area contributed by atoms with E-state index in [1.54, 1.807) is 0 Å². The number of nitrogens with zero attached hydrogens (tertiary/aromatic N) is 2. The van der Waals surface area contributed by atoms with Crippen LogP contribution in [0.2, 0.25) is 0 Å². The van der Waals surface area contributed by atoms with Gasteiger partial charge in [-0.1, -0.05) is 60.7 Å². The number of aryl methyl sites for hydroxylation is 1. The monoisotopic (exact) mass is 419 g/mol. The molecule has 3 aromatic rings. The van der Waals surface area contributed by atoms with Gasteiger partial charge >= 0.3 is 0 Å². The molecule has 1 heterocycles. The minimum Gasteiger partial charge on any atom is -0.440 e. The van der Waals surface area contributed by atoms with E-state index in [1.165, 1.54) is 0 Å². The molecule has 0 aliphatic heterocycles. The van der Waals surface area contributed by atoms with Gasteiger partial charge in [-0.05, 0) is 27.7 Å². The normalized spacial score (nSPS) is 11.5.